The van der Waals surface area contributed by atoms with Crippen LogP contribution in [0.1, 0.15) is 49.3 Å². The summed E-state index contributed by atoms with van der Waals surface area (Å²) in [5, 5.41) is 3.07. The number of aryl methyl sites for hydroxylation is 2. The topological polar surface area (TPSA) is 86.8 Å². The standard InChI is InChI=1S/C26H35N3O4S/c1-19-14-15-24(20(2)16-19)29(34(4,32)33)18-25(30)28(17-22-10-6-5-7-11-22)21(3)26(31)27-23-12-8-9-13-23/h5-7,10-11,14-16,21,23H,8-9,12-13,17-18H2,1-4H3,(H,27,31)/t21-/m1/s1. The van der Waals surface area contributed by atoms with E-state index in [9.17, 15) is 18.0 Å². The molecule has 0 unspecified atom stereocenters. The molecule has 2 aromatic carbocycles. The van der Waals surface area contributed by atoms with Gasteiger partial charge in [-0.1, -0.05) is 60.9 Å². The van der Waals surface area contributed by atoms with Crippen molar-refractivity contribution in [1.82, 2.24) is 10.2 Å². The van der Waals surface area contributed by atoms with Gasteiger partial charge >= 0.3 is 0 Å². The lowest BCUT2D eigenvalue weighted by molar-refractivity contribution is -0.139. The third-order valence-corrected chi connectivity index (χ3v) is 7.49. The summed E-state index contributed by atoms with van der Waals surface area (Å²) < 4.78 is 26.5. The second-order valence-corrected chi connectivity index (χ2v) is 11.1. The minimum Gasteiger partial charge on any atom is -0.352 e. The van der Waals surface area contributed by atoms with Crippen LogP contribution in [0.2, 0.25) is 0 Å². The molecule has 7 nitrogen and oxygen atoms in total. The van der Waals surface area contributed by atoms with Gasteiger partial charge in [-0.3, -0.25) is 13.9 Å². The van der Waals surface area contributed by atoms with Crippen molar-refractivity contribution in [3.05, 3.63) is 65.2 Å². The van der Waals surface area contributed by atoms with Crippen LogP contribution in [0.4, 0.5) is 5.69 Å². The molecular formula is C26H35N3O4S. The fraction of sp³-hybridized carbons (Fsp3) is 0.462. The lowest BCUT2D eigenvalue weighted by Crippen LogP contribution is -2.52. The van der Waals surface area contributed by atoms with E-state index >= 15 is 0 Å². The fourth-order valence-corrected chi connectivity index (χ4v) is 5.34. The summed E-state index contributed by atoms with van der Waals surface area (Å²) in [6.07, 6.45) is 5.16. The second kappa shape index (κ2) is 11.0. The number of nitrogens with zero attached hydrogens (tertiary/aromatic N) is 2. The second-order valence-electron chi connectivity index (χ2n) is 9.23. The van der Waals surface area contributed by atoms with E-state index in [4.69, 9.17) is 0 Å². The van der Waals surface area contributed by atoms with Gasteiger partial charge in [-0.05, 0) is 50.8 Å². The number of anilines is 1. The van der Waals surface area contributed by atoms with Crippen molar-refractivity contribution in [3.63, 3.8) is 0 Å². The first kappa shape index (κ1) is 25.7. The number of hydrogen-bond donors (Lipinski definition) is 1. The summed E-state index contributed by atoms with van der Waals surface area (Å²) in [4.78, 5) is 28.1. The Bertz CT molecular complexity index is 1110. The lowest BCUT2D eigenvalue weighted by atomic mass is 10.1. The smallest absolute Gasteiger partial charge is 0.244 e. The van der Waals surface area contributed by atoms with Crippen LogP contribution in [0.3, 0.4) is 0 Å². The number of benzene rings is 2. The molecule has 8 heteroatoms. The number of hydrogen-bond acceptors (Lipinski definition) is 4. The monoisotopic (exact) mass is 485 g/mol. The molecule has 34 heavy (non-hydrogen) atoms. The van der Waals surface area contributed by atoms with E-state index in [0.29, 0.717) is 5.69 Å². The van der Waals surface area contributed by atoms with Crippen LogP contribution < -0.4 is 9.62 Å². The maximum Gasteiger partial charge on any atom is 0.244 e. The van der Waals surface area contributed by atoms with Crippen molar-refractivity contribution in [1.29, 1.82) is 0 Å². The zero-order valence-corrected chi connectivity index (χ0v) is 21.3. The number of sulfonamides is 1. The molecule has 1 N–H and O–H groups in total. The Morgan fingerprint density at radius 1 is 1.06 bits per heavy atom. The summed E-state index contributed by atoms with van der Waals surface area (Å²) >= 11 is 0. The van der Waals surface area contributed by atoms with E-state index in [0.717, 1.165) is 52.9 Å². The van der Waals surface area contributed by atoms with Gasteiger partial charge in [0.2, 0.25) is 21.8 Å². The molecule has 2 aromatic rings. The summed E-state index contributed by atoms with van der Waals surface area (Å²) in [7, 11) is -3.73. The summed E-state index contributed by atoms with van der Waals surface area (Å²) in [5.74, 6) is -0.642. The Hall–Kier alpha value is -2.87. The molecule has 1 fully saturated rings. The molecule has 1 aliphatic rings. The minimum absolute atomic E-state index is 0.131. The van der Waals surface area contributed by atoms with Gasteiger partial charge in [-0.25, -0.2) is 8.42 Å². The highest BCUT2D eigenvalue weighted by Gasteiger charge is 2.31. The van der Waals surface area contributed by atoms with E-state index in [1.54, 1.807) is 13.0 Å². The van der Waals surface area contributed by atoms with Gasteiger partial charge in [-0.15, -0.1) is 0 Å². The normalized spacial score (nSPS) is 15.1. The third-order valence-electron chi connectivity index (χ3n) is 6.36. The highest BCUT2D eigenvalue weighted by Crippen LogP contribution is 2.24. The van der Waals surface area contributed by atoms with E-state index in [1.807, 2.05) is 56.3 Å². The number of nitrogens with one attached hydrogen (secondary N) is 1. The van der Waals surface area contributed by atoms with E-state index in [1.165, 1.54) is 4.90 Å². The highest BCUT2D eigenvalue weighted by molar-refractivity contribution is 7.92. The van der Waals surface area contributed by atoms with E-state index in [-0.39, 0.29) is 25.0 Å². The van der Waals surface area contributed by atoms with Crippen LogP contribution >= 0.6 is 0 Å². The first-order valence-electron chi connectivity index (χ1n) is 11.7. The number of amides is 2. The SMILES string of the molecule is Cc1ccc(N(CC(=O)N(Cc2ccccc2)[C@H](C)C(=O)NC2CCCC2)S(C)(=O)=O)c(C)c1. The number of carbonyl (C=O) groups is 2. The summed E-state index contributed by atoms with van der Waals surface area (Å²) in [5.41, 5.74) is 3.10. The van der Waals surface area contributed by atoms with Crippen molar-refractivity contribution in [3.8, 4) is 0 Å². The van der Waals surface area contributed by atoms with Gasteiger partial charge in [0.1, 0.15) is 12.6 Å². The quantitative estimate of drug-likeness (QED) is 0.589. The summed E-state index contributed by atoms with van der Waals surface area (Å²) in [6, 6.07) is 14.2. The van der Waals surface area contributed by atoms with Crippen molar-refractivity contribution >= 4 is 27.5 Å². The Labute approximate surface area is 203 Å². The molecule has 3 rings (SSSR count). The van der Waals surface area contributed by atoms with Gasteiger partial charge in [0.15, 0.2) is 0 Å². The first-order chi connectivity index (χ1) is 16.1. The minimum atomic E-state index is -3.73. The molecule has 0 aromatic heterocycles. The maximum atomic E-state index is 13.6. The molecule has 0 aliphatic heterocycles. The average Bonchev–Trinajstić information content (AvgIpc) is 3.28. The van der Waals surface area contributed by atoms with Crippen molar-refractivity contribution in [2.75, 3.05) is 17.1 Å². The fourth-order valence-electron chi connectivity index (χ4n) is 4.43. The number of rotatable bonds is 9. The first-order valence-corrected chi connectivity index (χ1v) is 13.6. The maximum absolute atomic E-state index is 13.6. The molecule has 1 atom stereocenters. The van der Waals surface area contributed by atoms with E-state index < -0.39 is 22.0 Å². The van der Waals surface area contributed by atoms with E-state index in [2.05, 4.69) is 5.32 Å². The highest BCUT2D eigenvalue weighted by atomic mass is 32.2. The van der Waals surface area contributed by atoms with Crippen LogP contribution in [0.5, 0.6) is 0 Å². The number of carbonyl (C=O) groups excluding carboxylic acids is 2. The zero-order valence-electron chi connectivity index (χ0n) is 20.5. The molecule has 0 heterocycles. The average molecular weight is 486 g/mol. The Kier molecular flexibility index (Phi) is 8.36. The summed E-state index contributed by atoms with van der Waals surface area (Å²) in [6.45, 7) is 5.29. The largest absolute Gasteiger partial charge is 0.352 e. The van der Waals surface area contributed by atoms with Crippen molar-refractivity contribution < 1.29 is 18.0 Å². The molecule has 1 aliphatic carbocycles. The van der Waals surface area contributed by atoms with Crippen LogP contribution in [0.25, 0.3) is 0 Å². The van der Waals surface area contributed by atoms with Gasteiger partial charge in [-0.2, -0.15) is 0 Å². The molecule has 0 bridgehead atoms. The lowest BCUT2D eigenvalue weighted by Gasteiger charge is -2.32. The predicted molar refractivity (Wildman–Crippen MR) is 135 cm³/mol. The van der Waals surface area contributed by atoms with Crippen LogP contribution in [0, 0.1) is 13.8 Å². The molecular weight excluding hydrogens is 450 g/mol. The zero-order chi connectivity index (χ0) is 24.9. The Balaban J connectivity index is 1.88. The van der Waals surface area contributed by atoms with Crippen LogP contribution in [0.15, 0.2) is 48.5 Å². The molecule has 184 valence electrons. The molecule has 0 saturated heterocycles. The van der Waals surface area contributed by atoms with Crippen molar-refractivity contribution in [2.45, 2.75) is 65.1 Å². The molecule has 0 spiro atoms. The molecule has 0 radical (unpaired) electrons. The predicted octanol–water partition coefficient (Wildman–Crippen LogP) is 3.55. The van der Waals surface area contributed by atoms with Crippen LogP contribution in [-0.4, -0.2) is 50.0 Å². The van der Waals surface area contributed by atoms with Gasteiger partial charge in [0, 0.05) is 12.6 Å². The van der Waals surface area contributed by atoms with Crippen molar-refractivity contribution in [2.24, 2.45) is 0 Å². The Morgan fingerprint density at radius 2 is 1.71 bits per heavy atom. The van der Waals surface area contributed by atoms with Gasteiger partial charge in [0.05, 0.1) is 11.9 Å². The molecule has 2 amide bonds. The molecule has 1 saturated carbocycles. The van der Waals surface area contributed by atoms with Crippen LogP contribution in [-0.2, 0) is 26.2 Å². The third kappa shape index (κ3) is 6.59. The Morgan fingerprint density at radius 3 is 2.29 bits per heavy atom. The van der Waals surface area contributed by atoms with Gasteiger partial charge in [0.25, 0.3) is 0 Å². The van der Waals surface area contributed by atoms with Gasteiger partial charge < -0.3 is 10.2 Å².